The summed E-state index contributed by atoms with van der Waals surface area (Å²) in [6, 6.07) is 0.426. The zero-order valence-electron chi connectivity index (χ0n) is 12.1. The maximum atomic E-state index is 11.4. The van der Waals surface area contributed by atoms with Crippen LogP contribution in [0.5, 0.6) is 0 Å². The van der Waals surface area contributed by atoms with Gasteiger partial charge in [-0.25, -0.2) is 4.79 Å². The van der Waals surface area contributed by atoms with Gasteiger partial charge in [0.1, 0.15) is 11.4 Å². The predicted molar refractivity (Wildman–Crippen MR) is 73.8 cm³/mol. The van der Waals surface area contributed by atoms with Crippen LogP contribution in [0, 0.1) is 6.92 Å². The number of hydrogen-bond donors (Lipinski definition) is 1. The zero-order valence-corrected chi connectivity index (χ0v) is 12.1. The summed E-state index contributed by atoms with van der Waals surface area (Å²) in [5.41, 5.74) is 0.912. The highest BCUT2D eigenvalue weighted by molar-refractivity contribution is 5.94. The number of aryl methyl sites for hydroxylation is 2. The van der Waals surface area contributed by atoms with Crippen molar-refractivity contribution in [1.29, 1.82) is 0 Å². The number of aromatic nitrogens is 2. The van der Waals surface area contributed by atoms with E-state index in [1.54, 1.807) is 11.6 Å². The first-order valence-corrected chi connectivity index (χ1v) is 6.71. The molecule has 1 unspecified atom stereocenters. The topological polar surface area (TPSA) is 61.6 Å². The normalized spacial score (nSPS) is 20.8. The van der Waals surface area contributed by atoms with Crippen LogP contribution in [0.15, 0.2) is 0 Å². The van der Waals surface area contributed by atoms with Crippen LogP contribution in [0.1, 0.15) is 29.9 Å². The molecular formula is C13H22N4O2. The highest BCUT2D eigenvalue weighted by Crippen LogP contribution is 2.25. The van der Waals surface area contributed by atoms with Crippen molar-refractivity contribution in [2.24, 2.45) is 7.05 Å². The zero-order chi connectivity index (χ0) is 14.2. The van der Waals surface area contributed by atoms with Crippen LogP contribution >= 0.6 is 0 Å². The van der Waals surface area contributed by atoms with Gasteiger partial charge in [-0.05, 0) is 20.4 Å². The summed E-state index contributed by atoms with van der Waals surface area (Å²) < 4.78 is 1.69. The van der Waals surface area contributed by atoms with Crippen molar-refractivity contribution in [1.82, 2.24) is 14.7 Å². The third kappa shape index (κ3) is 2.45. The van der Waals surface area contributed by atoms with Crippen molar-refractivity contribution < 1.29 is 9.90 Å². The number of hydrogen-bond acceptors (Lipinski definition) is 4. The van der Waals surface area contributed by atoms with Gasteiger partial charge < -0.3 is 10.0 Å². The lowest BCUT2D eigenvalue weighted by molar-refractivity contribution is 0.0696. The number of nitrogens with zero attached hydrogens (tertiary/aromatic N) is 4. The maximum Gasteiger partial charge on any atom is 0.341 e. The van der Waals surface area contributed by atoms with E-state index in [4.69, 9.17) is 0 Å². The number of likely N-dealkylation sites (N-methyl/N-ethyl adjacent to an activating group) is 1. The van der Waals surface area contributed by atoms with E-state index in [1.165, 1.54) is 0 Å². The van der Waals surface area contributed by atoms with Crippen molar-refractivity contribution >= 4 is 11.8 Å². The molecule has 0 bridgehead atoms. The van der Waals surface area contributed by atoms with Crippen LogP contribution in [0.3, 0.4) is 0 Å². The highest BCUT2D eigenvalue weighted by Gasteiger charge is 2.29. The van der Waals surface area contributed by atoms with Gasteiger partial charge in [-0.3, -0.25) is 9.58 Å². The van der Waals surface area contributed by atoms with Gasteiger partial charge >= 0.3 is 5.97 Å². The third-order valence-electron chi connectivity index (χ3n) is 3.88. The minimum Gasteiger partial charge on any atom is -0.477 e. The molecular weight excluding hydrogens is 244 g/mol. The minimum absolute atomic E-state index is 0.333. The summed E-state index contributed by atoms with van der Waals surface area (Å²) in [7, 11) is 1.81. The summed E-state index contributed by atoms with van der Waals surface area (Å²) >= 11 is 0. The van der Waals surface area contributed by atoms with Crippen LogP contribution in [0.4, 0.5) is 5.82 Å². The van der Waals surface area contributed by atoms with Gasteiger partial charge in [-0.15, -0.1) is 0 Å². The fraction of sp³-hybridized carbons (Fsp3) is 0.692. The first-order chi connectivity index (χ1) is 8.95. The van der Waals surface area contributed by atoms with E-state index in [0.717, 1.165) is 32.0 Å². The summed E-state index contributed by atoms with van der Waals surface area (Å²) in [4.78, 5) is 16.0. The largest absolute Gasteiger partial charge is 0.477 e. The number of rotatable bonds is 3. The predicted octanol–water partition coefficient (Wildman–Crippen LogP) is 0.957. The van der Waals surface area contributed by atoms with Crippen LogP contribution in [0.2, 0.25) is 0 Å². The number of aromatic carboxylic acids is 1. The molecule has 0 saturated carbocycles. The van der Waals surface area contributed by atoms with Gasteiger partial charge in [0.2, 0.25) is 0 Å². The fourth-order valence-corrected chi connectivity index (χ4v) is 2.92. The van der Waals surface area contributed by atoms with Crippen molar-refractivity contribution in [2.45, 2.75) is 26.8 Å². The standard InChI is InChI=1S/C13H22N4O2/c1-5-16-6-7-17(8-9(16)2)12-11(13(18)19)10(3)14-15(12)4/h9H,5-8H2,1-4H3,(H,18,19). The second-order valence-electron chi connectivity index (χ2n) is 5.14. The number of carboxylic acids is 1. The average Bonchev–Trinajstić information content (AvgIpc) is 2.64. The average molecular weight is 266 g/mol. The molecule has 0 spiro atoms. The highest BCUT2D eigenvalue weighted by atomic mass is 16.4. The van der Waals surface area contributed by atoms with Gasteiger partial charge in [-0.1, -0.05) is 6.92 Å². The molecule has 0 aromatic carbocycles. The molecule has 2 rings (SSSR count). The first-order valence-electron chi connectivity index (χ1n) is 6.71. The molecule has 1 fully saturated rings. The Labute approximate surface area is 113 Å². The van der Waals surface area contributed by atoms with Crippen LogP contribution < -0.4 is 4.90 Å². The first kappa shape index (κ1) is 13.9. The van der Waals surface area contributed by atoms with Crippen molar-refractivity contribution in [2.75, 3.05) is 31.1 Å². The summed E-state index contributed by atoms with van der Waals surface area (Å²) in [5, 5.41) is 13.6. The molecule has 6 nitrogen and oxygen atoms in total. The quantitative estimate of drug-likeness (QED) is 0.883. The summed E-state index contributed by atoms with van der Waals surface area (Å²) in [5.74, 6) is -0.168. The van der Waals surface area contributed by atoms with Gasteiger partial charge in [0, 0.05) is 32.7 Å². The lowest BCUT2D eigenvalue weighted by Crippen LogP contribution is -2.52. The molecule has 0 aliphatic carbocycles. The van der Waals surface area contributed by atoms with Crippen LogP contribution in [-0.4, -0.2) is 58.0 Å². The van der Waals surface area contributed by atoms with Gasteiger partial charge in [0.15, 0.2) is 0 Å². The molecule has 2 heterocycles. The van der Waals surface area contributed by atoms with E-state index in [2.05, 4.69) is 28.7 Å². The van der Waals surface area contributed by atoms with Crippen molar-refractivity contribution in [3.8, 4) is 0 Å². The molecule has 1 aromatic rings. The van der Waals surface area contributed by atoms with E-state index >= 15 is 0 Å². The lowest BCUT2D eigenvalue weighted by Gasteiger charge is -2.40. The second-order valence-corrected chi connectivity index (χ2v) is 5.14. The molecule has 106 valence electrons. The van der Waals surface area contributed by atoms with E-state index in [0.29, 0.717) is 17.3 Å². The van der Waals surface area contributed by atoms with E-state index in [-0.39, 0.29) is 0 Å². The molecule has 0 radical (unpaired) electrons. The molecule has 1 N–H and O–H groups in total. The Morgan fingerprint density at radius 1 is 1.47 bits per heavy atom. The Balaban J connectivity index is 2.31. The fourth-order valence-electron chi connectivity index (χ4n) is 2.92. The summed E-state index contributed by atoms with van der Waals surface area (Å²) in [6.45, 7) is 9.76. The third-order valence-corrected chi connectivity index (χ3v) is 3.88. The minimum atomic E-state index is -0.897. The molecule has 0 amide bonds. The molecule has 19 heavy (non-hydrogen) atoms. The number of anilines is 1. The molecule has 1 aliphatic heterocycles. The molecule has 1 atom stereocenters. The summed E-state index contributed by atoms with van der Waals surface area (Å²) in [6.07, 6.45) is 0. The molecule has 6 heteroatoms. The monoisotopic (exact) mass is 266 g/mol. The second kappa shape index (κ2) is 5.21. The Kier molecular flexibility index (Phi) is 3.80. The number of carbonyl (C=O) groups is 1. The van der Waals surface area contributed by atoms with Gasteiger partial charge in [0.25, 0.3) is 0 Å². The lowest BCUT2D eigenvalue weighted by atomic mass is 10.1. The van der Waals surface area contributed by atoms with Crippen LogP contribution in [-0.2, 0) is 7.05 Å². The van der Waals surface area contributed by atoms with E-state index in [1.807, 2.05) is 7.05 Å². The van der Waals surface area contributed by atoms with Crippen molar-refractivity contribution in [3.05, 3.63) is 11.3 Å². The Morgan fingerprint density at radius 3 is 2.68 bits per heavy atom. The van der Waals surface area contributed by atoms with E-state index in [9.17, 15) is 9.90 Å². The smallest absolute Gasteiger partial charge is 0.341 e. The number of carboxylic acid groups (broad SMARTS) is 1. The van der Waals surface area contributed by atoms with Crippen LogP contribution in [0.25, 0.3) is 0 Å². The SMILES string of the molecule is CCN1CCN(c2c(C(=O)O)c(C)nn2C)CC1C. The number of piperazine rings is 1. The maximum absolute atomic E-state index is 11.4. The molecule has 1 saturated heterocycles. The molecule has 1 aliphatic rings. The van der Waals surface area contributed by atoms with Gasteiger partial charge in [-0.2, -0.15) is 5.10 Å². The Hall–Kier alpha value is -1.56. The molecule has 1 aromatic heterocycles. The van der Waals surface area contributed by atoms with E-state index < -0.39 is 5.97 Å². The Morgan fingerprint density at radius 2 is 2.16 bits per heavy atom. The van der Waals surface area contributed by atoms with Gasteiger partial charge in [0.05, 0.1) is 5.69 Å². The van der Waals surface area contributed by atoms with Crippen molar-refractivity contribution in [3.63, 3.8) is 0 Å². The Bertz CT molecular complexity index is 483.